The molecule has 0 unspecified atom stereocenters. The standard InChI is InChI=1S/C26H27N7O/c1-4-30-22-11-17(8-9-20(22)26(28)34)25-19-6-5-7-24(21(19)10-16(2)32-25)33-14-23(31-15-33)18(12-27)13-29-3/h5-15,27,29-30H,4H2,1-3H3,(H2,28,34)/p+1. The van der Waals surface area contributed by atoms with E-state index in [0.29, 0.717) is 17.8 Å². The van der Waals surface area contributed by atoms with Crippen molar-refractivity contribution in [3.8, 4) is 16.9 Å². The fourth-order valence-corrected chi connectivity index (χ4v) is 4.07. The van der Waals surface area contributed by atoms with Crippen molar-refractivity contribution in [1.29, 1.82) is 5.41 Å². The highest BCUT2D eigenvalue weighted by Crippen LogP contribution is 2.33. The SMILES string of the molecule is CCNc1cc(-c2nc(C)cc3c(-n4cnc(C(C=N)=C[NH2+]C)c4)cccc23)ccc1C(N)=O. The van der Waals surface area contributed by atoms with Crippen molar-refractivity contribution >= 4 is 34.2 Å². The summed E-state index contributed by atoms with van der Waals surface area (Å²) in [4.78, 5) is 21.2. The van der Waals surface area contributed by atoms with Crippen LogP contribution in [0.4, 0.5) is 5.69 Å². The van der Waals surface area contributed by atoms with Gasteiger partial charge in [-0.1, -0.05) is 18.2 Å². The van der Waals surface area contributed by atoms with Crippen LogP contribution >= 0.6 is 0 Å². The molecule has 0 bridgehead atoms. The number of pyridine rings is 1. The zero-order chi connectivity index (χ0) is 24.2. The number of benzene rings is 2. The molecule has 2 heterocycles. The summed E-state index contributed by atoms with van der Waals surface area (Å²) in [6.07, 6.45) is 6.86. The van der Waals surface area contributed by atoms with Gasteiger partial charge in [-0.15, -0.1) is 0 Å². The number of primary amides is 1. The molecule has 172 valence electrons. The molecule has 0 aliphatic carbocycles. The molecule has 0 fully saturated rings. The number of imidazole rings is 1. The third-order valence-corrected chi connectivity index (χ3v) is 5.56. The number of aryl methyl sites for hydroxylation is 1. The summed E-state index contributed by atoms with van der Waals surface area (Å²) < 4.78 is 1.97. The van der Waals surface area contributed by atoms with Gasteiger partial charge in [-0.25, -0.2) is 4.98 Å². The lowest BCUT2D eigenvalue weighted by atomic mass is 9.99. The highest BCUT2D eigenvalue weighted by molar-refractivity contribution is 6.07. The number of quaternary nitrogens is 1. The van der Waals surface area contributed by atoms with Gasteiger partial charge in [-0.2, -0.15) is 0 Å². The van der Waals surface area contributed by atoms with E-state index in [4.69, 9.17) is 16.1 Å². The third kappa shape index (κ3) is 4.31. The predicted octanol–water partition coefficient (Wildman–Crippen LogP) is 3.11. The molecular formula is C26H28N7O+. The summed E-state index contributed by atoms with van der Waals surface area (Å²) in [6.45, 7) is 4.61. The molecule has 8 heteroatoms. The van der Waals surface area contributed by atoms with Crippen LogP contribution in [0, 0.1) is 12.3 Å². The van der Waals surface area contributed by atoms with Crippen molar-refractivity contribution in [3.63, 3.8) is 0 Å². The van der Waals surface area contributed by atoms with E-state index in [1.165, 1.54) is 6.21 Å². The van der Waals surface area contributed by atoms with Gasteiger partial charge in [-0.3, -0.25) is 9.78 Å². The summed E-state index contributed by atoms with van der Waals surface area (Å²) in [5.41, 5.74) is 11.7. The summed E-state index contributed by atoms with van der Waals surface area (Å²) in [6, 6.07) is 13.7. The number of carbonyl (C=O) groups excluding carboxylic acids is 1. The van der Waals surface area contributed by atoms with Gasteiger partial charge in [-0.05, 0) is 38.1 Å². The average molecular weight is 455 g/mol. The number of hydrogen-bond acceptors (Lipinski definition) is 5. The molecule has 0 aliphatic rings. The van der Waals surface area contributed by atoms with Crippen LogP contribution in [-0.2, 0) is 0 Å². The number of nitrogens with one attached hydrogen (secondary N) is 2. The van der Waals surface area contributed by atoms with Crippen molar-refractivity contribution in [1.82, 2.24) is 14.5 Å². The first-order chi connectivity index (χ1) is 16.5. The number of nitrogens with two attached hydrogens (primary N) is 2. The Morgan fingerprint density at radius 1 is 1.24 bits per heavy atom. The number of nitrogens with zero attached hydrogens (tertiary/aromatic N) is 3. The fourth-order valence-electron chi connectivity index (χ4n) is 4.07. The third-order valence-electron chi connectivity index (χ3n) is 5.56. The van der Waals surface area contributed by atoms with E-state index in [1.807, 2.05) is 73.5 Å². The first-order valence-corrected chi connectivity index (χ1v) is 11.1. The second kappa shape index (κ2) is 9.68. The second-order valence-electron chi connectivity index (χ2n) is 7.91. The average Bonchev–Trinajstić information content (AvgIpc) is 3.31. The molecule has 8 nitrogen and oxygen atoms in total. The molecular weight excluding hydrogens is 426 g/mol. The molecule has 1 amide bonds. The number of allylic oxidation sites excluding steroid dienone is 1. The maximum absolute atomic E-state index is 11.9. The molecule has 0 atom stereocenters. The van der Waals surface area contributed by atoms with Crippen molar-refractivity contribution in [3.05, 3.63) is 78.1 Å². The van der Waals surface area contributed by atoms with Gasteiger partial charge >= 0.3 is 0 Å². The van der Waals surface area contributed by atoms with E-state index < -0.39 is 5.91 Å². The van der Waals surface area contributed by atoms with Gasteiger partial charge in [0.25, 0.3) is 5.91 Å². The Morgan fingerprint density at radius 3 is 2.76 bits per heavy atom. The Balaban J connectivity index is 1.89. The number of aromatic nitrogens is 3. The van der Waals surface area contributed by atoms with Crippen LogP contribution in [-0.4, -0.2) is 40.2 Å². The summed E-state index contributed by atoms with van der Waals surface area (Å²) in [7, 11) is 1.92. The number of carbonyl (C=O) groups is 1. The molecule has 0 spiro atoms. The van der Waals surface area contributed by atoms with Crippen molar-refractivity contribution in [2.45, 2.75) is 13.8 Å². The van der Waals surface area contributed by atoms with E-state index in [9.17, 15) is 4.79 Å². The van der Waals surface area contributed by atoms with E-state index >= 15 is 0 Å². The van der Waals surface area contributed by atoms with Crippen molar-refractivity contribution < 1.29 is 10.1 Å². The molecule has 4 rings (SSSR count). The van der Waals surface area contributed by atoms with Crippen LogP contribution in [0.25, 0.3) is 33.3 Å². The maximum Gasteiger partial charge on any atom is 0.250 e. The Morgan fingerprint density at radius 2 is 2.06 bits per heavy atom. The summed E-state index contributed by atoms with van der Waals surface area (Å²) in [5.74, 6) is -0.471. The smallest absolute Gasteiger partial charge is 0.250 e. The summed E-state index contributed by atoms with van der Waals surface area (Å²) in [5, 5.41) is 14.8. The Kier molecular flexibility index (Phi) is 6.51. The first-order valence-electron chi connectivity index (χ1n) is 11.1. The molecule has 0 radical (unpaired) electrons. The number of hydrogen-bond donors (Lipinski definition) is 4. The first kappa shape index (κ1) is 22.9. The maximum atomic E-state index is 11.9. The number of fused-ring (bicyclic) bond motifs is 1. The van der Waals surface area contributed by atoms with E-state index in [-0.39, 0.29) is 0 Å². The zero-order valence-corrected chi connectivity index (χ0v) is 19.5. The van der Waals surface area contributed by atoms with Crippen molar-refractivity contribution in [2.75, 3.05) is 18.9 Å². The Labute approximate surface area is 198 Å². The molecule has 2 aromatic heterocycles. The summed E-state index contributed by atoms with van der Waals surface area (Å²) >= 11 is 0. The molecule has 0 aliphatic heterocycles. The van der Waals surface area contributed by atoms with Gasteiger partial charge < -0.3 is 26.3 Å². The van der Waals surface area contributed by atoms with Crippen LogP contribution in [0.2, 0.25) is 0 Å². The fraction of sp³-hybridized carbons (Fsp3) is 0.154. The van der Waals surface area contributed by atoms with Crippen LogP contribution < -0.4 is 16.4 Å². The minimum atomic E-state index is -0.471. The normalized spacial score (nSPS) is 11.6. The largest absolute Gasteiger partial charge is 0.385 e. The van der Waals surface area contributed by atoms with Crippen LogP contribution in [0.15, 0.2) is 61.2 Å². The van der Waals surface area contributed by atoms with E-state index in [1.54, 1.807) is 12.4 Å². The van der Waals surface area contributed by atoms with Crippen LogP contribution in [0.1, 0.15) is 28.7 Å². The van der Waals surface area contributed by atoms with Gasteiger partial charge in [0.05, 0.1) is 41.6 Å². The molecule has 0 saturated heterocycles. The van der Waals surface area contributed by atoms with Gasteiger partial charge in [0.15, 0.2) is 0 Å². The van der Waals surface area contributed by atoms with Gasteiger partial charge in [0, 0.05) is 46.7 Å². The van der Waals surface area contributed by atoms with Crippen molar-refractivity contribution in [2.24, 2.45) is 5.73 Å². The molecule has 4 aromatic rings. The lowest BCUT2D eigenvalue weighted by Gasteiger charge is -2.14. The highest BCUT2D eigenvalue weighted by atomic mass is 16.1. The second-order valence-corrected chi connectivity index (χ2v) is 7.91. The quantitative estimate of drug-likeness (QED) is 0.305. The Bertz CT molecular complexity index is 1420. The number of anilines is 1. The Hall–Kier alpha value is -4.30. The zero-order valence-electron chi connectivity index (χ0n) is 19.5. The minimum Gasteiger partial charge on any atom is -0.385 e. The van der Waals surface area contributed by atoms with E-state index in [2.05, 4.69) is 16.4 Å². The van der Waals surface area contributed by atoms with Crippen LogP contribution in [0.3, 0.4) is 0 Å². The van der Waals surface area contributed by atoms with Gasteiger partial charge in [0.1, 0.15) is 6.20 Å². The molecule has 2 aromatic carbocycles. The van der Waals surface area contributed by atoms with E-state index in [0.717, 1.165) is 44.7 Å². The lowest BCUT2D eigenvalue weighted by molar-refractivity contribution is -0.555. The number of amides is 1. The molecule has 34 heavy (non-hydrogen) atoms. The van der Waals surface area contributed by atoms with Gasteiger partial charge in [0.2, 0.25) is 0 Å². The number of rotatable bonds is 8. The monoisotopic (exact) mass is 454 g/mol. The molecule has 6 N–H and O–H groups in total. The lowest BCUT2D eigenvalue weighted by Crippen LogP contribution is -2.72. The topological polar surface area (TPSA) is 126 Å². The minimum absolute atomic E-state index is 0.452. The molecule has 0 saturated carbocycles. The predicted molar refractivity (Wildman–Crippen MR) is 136 cm³/mol. The highest BCUT2D eigenvalue weighted by Gasteiger charge is 2.15. The van der Waals surface area contributed by atoms with Crippen LogP contribution in [0.5, 0.6) is 0 Å².